The Hall–Kier alpha value is -1.56. The zero-order valence-corrected chi connectivity index (χ0v) is 12.4. The number of rotatable bonds is 4. The van der Waals surface area contributed by atoms with Gasteiger partial charge in [-0.25, -0.2) is 0 Å². The number of hydrogen-bond donors (Lipinski definition) is 0. The molecule has 0 spiro atoms. The van der Waals surface area contributed by atoms with Crippen molar-refractivity contribution < 1.29 is 23.2 Å². The highest BCUT2D eigenvalue weighted by Gasteiger charge is 2.20. The molecule has 0 fully saturated rings. The average Bonchev–Trinajstić information content (AvgIpc) is 2.70. The molecular weight excluding hydrogens is 280 g/mol. The van der Waals surface area contributed by atoms with Crippen molar-refractivity contribution >= 4 is 16.8 Å². The van der Waals surface area contributed by atoms with Crippen LogP contribution in [0, 0.1) is 0 Å². The van der Waals surface area contributed by atoms with Crippen LogP contribution in [0.25, 0.3) is 0 Å². The number of methoxy groups -OCH3 is 1. The Labute approximate surface area is 120 Å². The van der Waals surface area contributed by atoms with E-state index in [1.54, 1.807) is 25.1 Å². The van der Waals surface area contributed by atoms with E-state index < -0.39 is 10.8 Å². The lowest BCUT2D eigenvalue weighted by molar-refractivity contribution is -0.140. The molecule has 0 amide bonds. The van der Waals surface area contributed by atoms with Crippen molar-refractivity contribution in [3.63, 3.8) is 0 Å². The van der Waals surface area contributed by atoms with Crippen molar-refractivity contribution in [2.75, 3.05) is 20.3 Å². The molecule has 2 rings (SSSR count). The molecule has 0 aromatic heterocycles. The van der Waals surface area contributed by atoms with Crippen LogP contribution in [-0.2, 0) is 20.3 Å². The van der Waals surface area contributed by atoms with Gasteiger partial charge in [0.25, 0.3) is 0 Å². The molecule has 6 heteroatoms. The second-order valence-corrected chi connectivity index (χ2v) is 6.42. The van der Waals surface area contributed by atoms with Gasteiger partial charge in [-0.05, 0) is 19.1 Å². The van der Waals surface area contributed by atoms with Gasteiger partial charge < -0.3 is 14.2 Å². The predicted octanol–water partition coefficient (Wildman–Crippen LogP) is 1.91. The van der Waals surface area contributed by atoms with Gasteiger partial charge in [0.15, 0.2) is 11.5 Å². The van der Waals surface area contributed by atoms with Gasteiger partial charge in [-0.15, -0.1) is 0 Å². The summed E-state index contributed by atoms with van der Waals surface area (Å²) in [6.07, 6.45) is 0.948. The molecule has 2 atom stereocenters. The summed E-state index contributed by atoms with van der Waals surface area (Å²) in [5.41, 5.74) is 0. The highest BCUT2D eigenvalue weighted by atomic mass is 32.2. The third-order valence-electron chi connectivity index (χ3n) is 3.00. The number of carbonyl (C=O) groups excluding carboxylic acids is 1. The zero-order chi connectivity index (χ0) is 14.5. The minimum absolute atomic E-state index is 0.123. The monoisotopic (exact) mass is 298 g/mol. The molecule has 20 heavy (non-hydrogen) atoms. The number of ether oxygens (including phenoxy) is 3. The van der Waals surface area contributed by atoms with Crippen LogP contribution in [0.3, 0.4) is 0 Å². The summed E-state index contributed by atoms with van der Waals surface area (Å²) in [6, 6.07) is 5.24. The number of esters is 1. The summed E-state index contributed by atoms with van der Waals surface area (Å²) in [5.74, 6) is 0.919. The average molecular weight is 298 g/mol. The fraction of sp³-hybridized carbons (Fsp3) is 0.500. The minimum Gasteiger partial charge on any atom is -0.490 e. The third-order valence-corrected chi connectivity index (χ3v) is 4.61. The van der Waals surface area contributed by atoms with Gasteiger partial charge in [-0.2, -0.15) is 0 Å². The molecular formula is C14H18O5S. The van der Waals surface area contributed by atoms with Crippen molar-refractivity contribution in [1.29, 1.82) is 0 Å². The van der Waals surface area contributed by atoms with Gasteiger partial charge in [0.1, 0.15) is 0 Å². The van der Waals surface area contributed by atoms with Crippen molar-refractivity contribution in [3.05, 3.63) is 18.2 Å². The molecule has 2 unspecified atom stereocenters. The highest BCUT2D eigenvalue weighted by Crippen LogP contribution is 2.32. The molecule has 110 valence electrons. The fourth-order valence-electron chi connectivity index (χ4n) is 1.89. The Morgan fingerprint density at radius 3 is 2.75 bits per heavy atom. The first-order chi connectivity index (χ1) is 9.61. The molecule has 0 saturated carbocycles. The summed E-state index contributed by atoms with van der Waals surface area (Å²) < 4.78 is 28.1. The molecule has 1 aliphatic rings. The van der Waals surface area contributed by atoms with E-state index in [4.69, 9.17) is 9.47 Å². The van der Waals surface area contributed by atoms with E-state index in [1.165, 1.54) is 7.11 Å². The first kappa shape index (κ1) is 14.8. The van der Waals surface area contributed by atoms with Crippen molar-refractivity contribution in [2.45, 2.75) is 29.9 Å². The maximum Gasteiger partial charge on any atom is 0.306 e. The lowest BCUT2D eigenvalue weighted by Crippen LogP contribution is -2.17. The molecule has 1 aliphatic heterocycles. The molecule has 0 bridgehead atoms. The summed E-state index contributed by atoms with van der Waals surface area (Å²) >= 11 is 0. The van der Waals surface area contributed by atoms with E-state index in [9.17, 15) is 9.00 Å². The first-order valence-electron chi connectivity index (χ1n) is 6.49. The second-order valence-electron chi connectivity index (χ2n) is 4.55. The molecule has 0 aliphatic carbocycles. The summed E-state index contributed by atoms with van der Waals surface area (Å²) in [7, 11) is 0.0345. The number of fused-ring (bicyclic) bond motifs is 1. The van der Waals surface area contributed by atoms with Gasteiger partial charge in [-0.1, -0.05) is 0 Å². The second kappa shape index (κ2) is 6.74. The minimum atomic E-state index is -1.29. The standard InChI is InChI=1S/C14H18O5S/c1-10(8-14(15)17-2)20(16)11-4-5-12-13(9-11)19-7-3-6-18-12/h4-5,9-10H,3,6-8H2,1-2H3. The zero-order valence-electron chi connectivity index (χ0n) is 11.6. The topological polar surface area (TPSA) is 61.8 Å². The van der Waals surface area contributed by atoms with Crippen LogP contribution >= 0.6 is 0 Å². The maximum atomic E-state index is 12.4. The van der Waals surface area contributed by atoms with Gasteiger partial charge >= 0.3 is 5.97 Å². The summed E-state index contributed by atoms with van der Waals surface area (Å²) in [5, 5.41) is -0.313. The number of hydrogen-bond acceptors (Lipinski definition) is 5. The molecule has 5 nitrogen and oxygen atoms in total. The van der Waals surface area contributed by atoms with Crippen LogP contribution < -0.4 is 9.47 Å². The van der Waals surface area contributed by atoms with Crippen LogP contribution in [0.15, 0.2) is 23.1 Å². The van der Waals surface area contributed by atoms with Crippen molar-refractivity contribution in [3.8, 4) is 11.5 Å². The predicted molar refractivity (Wildman–Crippen MR) is 74.6 cm³/mol. The molecule has 1 aromatic carbocycles. The van der Waals surface area contributed by atoms with E-state index in [-0.39, 0.29) is 17.6 Å². The van der Waals surface area contributed by atoms with E-state index in [1.807, 2.05) is 0 Å². The quantitative estimate of drug-likeness (QED) is 0.795. The summed E-state index contributed by atoms with van der Waals surface area (Å²) in [4.78, 5) is 11.9. The Kier molecular flexibility index (Phi) is 5.00. The highest BCUT2D eigenvalue weighted by molar-refractivity contribution is 7.85. The molecule has 0 saturated heterocycles. The molecule has 0 N–H and O–H groups in total. The van der Waals surface area contributed by atoms with Crippen molar-refractivity contribution in [2.24, 2.45) is 0 Å². The van der Waals surface area contributed by atoms with Gasteiger partial charge in [0.2, 0.25) is 0 Å². The maximum absolute atomic E-state index is 12.4. The van der Waals surface area contributed by atoms with Crippen molar-refractivity contribution in [1.82, 2.24) is 0 Å². The van der Waals surface area contributed by atoms with E-state index >= 15 is 0 Å². The van der Waals surface area contributed by atoms with Crippen LogP contribution in [0.2, 0.25) is 0 Å². The van der Waals surface area contributed by atoms with Gasteiger partial charge in [0.05, 0.1) is 37.5 Å². The molecule has 1 aromatic rings. The SMILES string of the molecule is COC(=O)CC(C)S(=O)c1ccc2c(c1)OCCCO2. The Morgan fingerprint density at radius 2 is 2.05 bits per heavy atom. The van der Waals surface area contributed by atoms with Crippen LogP contribution in [0.1, 0.15) is 19.8 Å². The van der Waals surface area contributed by atoms with E-state index in [0.29, 0.717) is 29.6 Å². The Bertz CT molecular complexity index is 514. The van der Waals surface area contributed by atoms with E-state index in [0.717, 1.165) is 6.42 Å². The molecule has 1 heterocycles. The lowest BCUT2D eigenvalue weighted by atomic mass is 10.3. The van der Waals surface area contributed by atoms with Crippen LogP contribution in [-0.4, -0.2) is 35.8 Å². The van der Waals surface area contributed by atoms with Gasteiger partial charge in [-0.3, -0.25) is 9.00 Å². The van der Waals surface area contributed by atoms with Crippen LogP contribution in [0.5, 0.6) is 11.5 Å². The molecule has 0 radical (unpaired) electrons. The smallest absolute Gasteiger partial charge is 0.306 e. The normalized spacial score (nSPS) is 16.9. The number of benzene rings is 1. The first-order valence-corrected chi connectivity index (χ1v) is 7.70. The number of carbonyl (C=O) groups is 1. The lowest BCUT2D eigenvalue weighted by Gasteiger charge is -2.12. The fourth-order valence-corrected chi connectivity index (χ4v) is 3.07. The van der Waals surface area contributed by atoms with Crippen LogP contribution in [0.4, 0.5) is 0 Å². The Morgan fingerprint density at radius 1 is 1.35 bits per heavy atom. The largest absolute Gasteiger partial charge is 0.490 e. The van der Waals surface area contributed by atoms with E-state index in [2.05, 4.69) is 4.74 Å². The third kappa shape index (κ3) is 3.50. The summed E-state index contributed by atoms with van der Waals surface area (Å²) in [6.45, 7) is 2.96. The Balaban J connectivity index is 2.14. The van der Waals surface area contributed by atoms with Gasteiger partial charge in [0, 0.05) is 22.6 Å².